The Balaban J connectivity index is 1.16. The summed E-state index contributed by atoms with van der Waals surface area (Å²) in [5, 5.41) is 9.08. The Morgan fingerprint density at radius 2 is 0.884 bits per heavy atom. The van der Waals surface area contributed by atoms with Crippen LogP contribution in [0.5, 0.6) is 34.5 Å². The summed E-state index contributed by atoms with van der Waals surface area (Å²) >= 11 is 0. The Morgan fingerprint density at radius 1 is 0.512 bits per heavy atom. The Labute approximate surface area is 253 Å². The van der Waals surface area contributed by atoms with Gasteiger partial charge in [-0.2, -0.15) is 0 Å². The van der Waals surface area contributed by atoms with E-state index in [-0.39, 0.29) is 13.2 Å². The number of benzene rings is 2. The molecule has 0 aliphatic carbocycles. The molecule has 0 aromatic heterocycles. The number of hydrogen-bond donors (Lipinski definition) is 1. The normalized spacial score (nSPS) is 12.2. The number of aliphatic hydroxyl groups is 1. The average Bonchev–Trinajstić information content (AvgIpc) is 3.04. The van der Waals surface area contributed by atoms with Crippen LogP contribution in [0.2, 0.25) is 0 Å². The molecule has 3 rings (SSSR count). The number of para-hydroxylation sites is 2. The number of rotatable bonds is 26. The van der Waals surface area contributed by atoms with Gasteiger partial charge in [-0.15, -0.1) is 0 Å². The monoisotopic (exact) mass is 610 g/mol. The van der Waals surface area contributed by atoms with E-state index in [0.717, 1.165) is 13.0 Å². The smallest absolute Gasteiger partial charge is 0.165 e. The third-order valence-electron chi connectivity index (χ3n) is 5.73. The van der Waals surface area contributed by atoms with Gasteiger partial charge < -0.3 is 57.2 Å². The van der Waals surface area contributed by atoms with Crippen LogP contribution in [0.1, 0.15) is 13.3 Å². The Bertz CT molecular complexity index is 989. The SMILES string of the molecule is CCCOCCOCCOc1ccccc1OCCOCCOCCOCCOc1cc2c(cc1OCCO)OCCO2. The van der Waals surface area contributed by atoms with Crippen molar-refractivity contribution < 1.29 is 57.2 Å². The lowest BCUT2D eigenvalue weighted by molar-refractivity contribution is 0.00461. The van der Waals surface area contributed by atoms with Gasteiger partial charge in [0, 0.05) is 18.7 Å². The lowest BCUT2D eigenvalue weighted by Gasteiger charge is -2.21. The summed E-state index contributed by atoms with van der Waals surface area (Å²) in [4.78, 5) is 0. The van der Waals surface area contributed by atoms with E-state index in [9.17, 15) is 0 Å². The molecule has 12 nitrogen and oxygen atoms in total. The van der Waals surface area contributed by atoms with Crippen molar-refractivity contribution >= 4 is 0 Å². The summed E-state index contributed by atoms with van der Waals surface area (Å²) in [5.74, 6) is 3.51. The van der Waals surface area contributed by atoms with Gasteiger partial charge in [0.05, 0.1) is 66.1 Å². The molecule has 2 aromatic rings. The molecule has 242 valence electrons. The Morgan fingerprint density at radius 3 is 1.30 bits per heavy atom. The van der Waals surface area contributed by atoms with E-state index in [4.69, 9.17) is 57.2 Å². The zero-order valence-electron chi connectivity index (χ0n) is 25.1. The van der Waals surface area contributed by atoms with E-state index in [1.54, 1.807) is 12.1 Å². The molecule has 0 atom stereocenters. The molecule has 2 aromatic carbocycles. The van der Waals surface area contributed by atoms with Gasteiger partial charge in [-0.3, -0.25) is 0 Å². The molecule has 0 bridgehead atoms. The molecule has 1 aliphatic rings. The van der Waals surface area contributed by atoms with Gasteiger partial charge in [0.15, 0.2) is 34.5 Å². The van der Waals surface area contributed by atoms with Gasteiger partial charge in [0.25, 0.3) is 0 Å². The first-order valence-electron chi connectivity index (χ1n) is 14.8. The quantitative estimate of drug-likeness (QED) is 0.158. The van der Waals surface area contributed by atoms with E-state index < -0.39 is 0 Å². The number of fused-ring (bicyclic) bond motifs is 1. The molecule has 0 saturated heterocycles. The highest BCUT2D eigenvalue weighted by Gasteiger charge is 2.18. The van der Waals surface area contributed by atoms with Crippen LogP contribution in [0.4, 0.5) is 0 Å². The average molecular weight is 611 g/mol. The van der Waals surface area contributed by atoms with Crippen LogP contribution in [-0.4, -0.2) is 117 Å². The van der Waals surface area contributed by atoms with Crippen molar-refractivity contribution in [3.8, 4) is 34.5 Å². The molecule has 0 saturated carbocycles. The highest BCUT2D eigenvalue weighted by molar-refractivity contribution is 5.54. The fourth-order valence-corrected chi connectivity index (χ4v) is 3.76. The van der Waals surface area contributed by atoms with E-state index in [1.165, 1.54) is 0 Å². The van der Waals surface area contributed by atoms with Crippen molar-refractivity contribution in [2.45, 2.75) is 13.3 Å². The fourth-order valence-electron chi connectivity index (χ4n) is 3.76. The third kappa shape index (κ3) is 14.3. The molecular weight excluding hydrogens is 564 g/mol. The molecular formula is C31H46O12. The molecule has 1 heterocycles. The summed E-state index contributed by atoms with van der Waals surface area (Å²) < 4.78 is 61.8. The summed E-state index contributed by atoms with van der Waals surface area (Å²) in [6.45, 7) is 9.16. The van der Waals surface area contributed by atoms with Crippen LogP contribution < -0.4 is 28.4 Å². The van der Waals surface area contributed by atoms with Crippen molar-refractivity contribution in [2.24, 2.45) is 0 Å². The van der Waals surface area contributed by atoms with Gasteiger partial charge in [-0.05, 0) is 18.6 Å². The third-order valence-corrected chi connectivity index (χ3v) is 5.73. The molecule has 1 aliphatic heterocycles. The highest BCUT2D eigenvalue weighted by atomic mass is 16.6. The van der Waals surface area contributed by atoms with E-state index >= 15 is 0 Å². The van der Waals surface area contributed by atoms with Gasteiger partial charge in [-0.25, -0.2) is 0 Å². The van der Waals surface area contributed by atoms with Crippen molar-refractivity contribution in [3.05, 3.63) is 36.4 Å². The summed E-state index contributed by atoms with van der Waals surface area (Å²) in [6.07, 6.45) is 1.00. The van der Waals surface area contributed by atoms with Crippen molar-refractivity contribution in [1.82, 2.24) is 0 Å². The first-order chi connectivity index (χ1) is 21.3. The minimum Gasteiger partial charge on any atom is -0.487 e. The zero-order valence-corrected chi connectivity index (χ0v) is 25.1. The Hall–Kier alpha value is -3.00. The molecule has 0 spiro atoms. The van der Waals surface area contributed by atoms with Gasteiger partial charge in [0.2, 0.25) is 0 Å². The first-order valence-corrected chi connectivity index (χ1v) is 14.8. The minimum absolute atomic E-state index is 0.104. The van der Waals surface area contributed by atoms with Crippen LogP contribution in [0.3, 0.4) is 0 Å². The molecule has 0 amide bonds. The minimum atomic E-state index is -0.104. The topological polar surface area (TPSA) is 122 Å². The first kappa shape index (κ1) is 34.5. The van der Waals surface area contributed by atoms with Gasteiger partial charge in [-0.1, -0.05) is 19.1 Å². The predicted octanol–water partition coefficient (Wildman–Crippen LogP) is 3.16. The maximum absolute atomic E-state index is 9.08. The van der Waals surface area contributed by atoms with Gasteiger partial charge >= 0.3 is 0 Å². The van der Waals surface area contributed by atoms with Crippen LogP contribution in [-0.2, 0) is 23.7 Å². The number of aliphatic hydroxyl groups excluding tert-OH is 1. The van der Waals surface area contributed by atoms with Crippen LogP contribution >= 0.6 is 0 Å². The Kier molecular flexibility index (Phi) is 18.1. The summed E-state index contributed by atoms with van der Waals surface area (Å²) in [7, 11) is 0. The lowest BCUT2D eigenvalue weighted by atomic mass is 10.2. The van der Waals surface area contributed by atoms with Crippen molar-refractivity contribution in [1.29, 1.82) is 0 Å². The second-order valence-corrected chi connectivity index (χ2v) is 9.07. The molecule has 1 N–H and O–H groups in total. The fraction of sp³-hybridized carbons (Fsp3) is 0.613. The highest BCUT2D eigenvalue weighted by Crippen LogP contribution is 2.41. The molecule has 0 radical (unpaired) electrons. The van der Waals surface area contributed by atoms with E-state index in [0.29, 0.717) is 127 Å². The van der Waals surface area contributed by atoms with E-state index in [1.807, 2.05) is 24.3 Å². The van der Waals surface area contributed by atoms with Crippen LogP contribution in [0.15, 0.2) is 36.4 Å². The maximum atomic E-state index is 9.08. The molecule has 43 heavy (non-hydrogen) atoms. The summed E-state index contributed by atoms with van der Waals surface area (Å²) in [6, 6.07) is 11.0. The molecule has 12 heteroatoms. The van der Waals surface area contributed by atoms with Crippen molar-refractivity contribution in [2.75, 3.05) is 112 Å². The summed E-state index contributed by atoms with van der Waals surface area (Å²) in [5.41, 5.74) is 0. The second-order valence-electron chi connectivity index (χ2n) is 9.07. The molecule has 0 unspecified atom stereocenters. The number of ether oxygens (including phenoxy) is 11. The van der Waals surface area contributed by atoms with Crippen LogP contribution in [0.25, 0.3) is 0 Å². The largest absolute Gasteiger partial charge is 0.487 e. The number of hydrogen-bond acceptors (Lipinski definition) is 12. The second kappa shape index (κ2) is 22.5. The standard InChI is InChI=1S/C31H46O12/c1-2-8-33-10-11-35-16-19-39-26-5-3-4-6-27(26)40-20-17-36-14-12-34-13-15-37-18-21-41-29-25-31-30(42-22-23-43-31)24-28(29)38-9-7-32/h3-6,24-25,32H,2,7-23H2,1H3. The predicted molar refractivity (Wildman–Crippen MR) is 157 cm³/mol. The maximum Gasteiger partial charge on any atom is 0.165 e. The van der Waals surface area contributed by atoms with Gasteiger partial charge in [0.1, 0.15) is 39.6 Å². The van der Waals surface area contributed by atoms with E-state index in [2.05, 4.69) is 6.92 Å². The molecule has 0 fully saturated rings. The lowest BCUT2D eigenvalue weighted by Crippen LogP contribution is -2.16. The van der Waals surface area contributed by atoms with Crippen LogP contribution in [0, 0.1) is 0 Å². The van der Waals surface area contributed by atoms with Crippen molar-refractivity contribution in [3.63, 3.8) is 0 Å². The zero-order chi connectivity index (χ0) is 30.2.